The zero-order valence-corrected chi connectivity index (χ0v) is 12.2. The van der Waals surface area contributed by atoms with E-state index in [2.05, 4.69) is 5.32 Å². The number of amides is 1. The normalized spacial score (nSPS) is 11.3. The van der Waals surface area contributed by atoms with E-state index in [1.165, 1.54) is 11.8 Å². The average Bonchev–Trinajstić information content (AvgIpc) is 2.47. The largest absolute Gasteiger partial charge is 0.419 e. The monoisotopic (exact) mass is 329 g/mol. The number of carbonyl (C=O) groups is 1. The first-order chi connectivity index (χ1) is 10.3. The number of halogens is 4. The Morgan fingerprint density at radius 1 is 1.14 bits per heavy atom. The van der Waals surface area contributed by atoms with Crippen molar-refractivity contribution in [2.45, 2.75) is 11.1 Å². The topological polar surface area (TPSA) is 29.1 Å². The number of para-hydroxylation sites is 1. The summed E-state index contributed by atoms with van der Waals surface area (Å²) in [6.45, 7) is 0. The summed E-state index contributed by atoms with van der Waals surface area (Å²) in [5, 5.41) is 2.53. The van der Waals surface area contributed by atoms with Crippen LogP contribution in [0.2, 0.25) is 0 Å². The van der Waals surface area contributed by atoms with Gasteiger partial charge in [0.05, 0.1) is 11.3 Å². The Labute approximate surface area is 128 Å². The van der Waals surface area contributed by atoms with Crippen LogP contribution < -0.4 is 5.32 Å². The van der Waals surface area contributed by atoms with Crippen molar-refractivity contribution in [3.8, 4) is 0 Å². The van der Waals surface area contributed by atoms with Gasteiger partial charge in [0.1, 0.15) is 5.82 Å². The number of alkyl halides is 3. The van der Waals surface area contributed by atoms with Gasteiger partial charge in [-0.2, -0.15) is 13.2 Å². The second-order valence-corrected chi connectivity index (χ2v) is 5.19. The summed E-state index contributed by atoms with van der Waals surface area (Å²) in [6, 6.07) is 9.04. The first kappa shape index (κ1) is 16.4. The number of anilines is 1. The van der Waals surface area contributed by atoms with E-state index in [-0.39, 0.29) is 5.56 Å². The van der Waals surface area contributed by atoms with Crippen LogP contribution in [0.4, 0.5) is 23.2 Å². The minimum Gasteiger partial charge on any atom is -0.321 e. The van der Waals surface area contributed by atoms with Crippen molar-refractivity contribution in [2.75, 3.05) is 11.6 Å². The fourth-order valence-electron chi connectivity index (χ4n) is 1.83. The van der Waals surface area contributed by atoms with Crippen molar-refractivity contribution in [1.29, 1.82) is 0 Å². The van der Waals surface area contributed by atoms with Crippen LogP contribution in [0.5, 0.6) is 0 Å². The Kier molecular flexibility index (Phi) is 4.75. The molecule has 0 saturated heterocycles. The molecule has 0 radical (unpaired) electrons. The number of hydrogen-bond donors (Lipinski definition) is 1. The van der Waals surface area contributed by atoms with Crippen molar-refractivity contribution in [2.24, 2.45) is 0 Å². The molecule has 0 aliphatic carbocycles. The van der Waals surface area contributed by atoms with Crippen molar-refractivity contribution < 1.29 is 22.4 Å². The lowest BCUT2D eigenvalue weighted by Crippen LogP contribution is -2.15. The molecule has 1 N–H and O–H groups in total. The lowest BCUT2D eigenvalue weighted by Gasteiger charge is -2.12. The Balaban J connectivity index is 2.31. The van der Waals surface area contributed by atoms with Gasteiger partial charge in [0.2, 0.25) is 0 Å². The predicted molar refractivity (Wildman–Crippen MR) is 77.6 cm³/mol. The lowest BCUT2D eigenvalue weighted by molar-refractivity contribution is -0.140. The third-order valence-corrected chi connectivity index (χ3v) is 3.68. The Morgan fingerprint density at radius 3 is 2.45 bits per heavy atom. The van der Waals surface area contributed by atoms with Gasteiger partial charge in [-0.1, -0.05) is 12.1 Å². The summed E-state index contributed by atoms with van der Waals surface area (Å²) in [5.41, 5.74) is -1.24. The van der Waals surface area contributed by atoms with Crippen LogP contribution in [0.1, 0.15) is 15.9 Å². The van der Waals surface area contributed by atoms with Gasteiger partial charge in [-0.3, -0.25) is 4.79 Å². The molecule has 2 nitrogen and oxygen atoms in total. The van der Waals surface area contributed by atoms with Crippen LogP contribution in [-0.4, -0.2) is 12.2 Å². The molecule has 0 aromatic heterocycles. The van der Waals surface area contributed by atoms with Crippen molar-refractivity contribution in [1.82, 2.24) is 0 Å². The zero-order valence-electron chi connectivity index (χ0n) is 11.4. The fraction of sp³-hybridized carbons (Fsp3) is 0.133. The maximum absolute atomic E-state index is 13.2. The molecule has 0 heterocycles. The van der Waals surface area contributed by atoms with E-state index in [0.29, 0.717) is 17.8 Å². The molecule has 0 spiro atoms. The molecule has 0 saturated carbocycles. The smallest absolute Gasteiger partial charge is 0.321 e. The molecule has 0 aliphatic rings. The summed E-state index contributed by atoms with van der Waals surface area (Å²) in [6.07, 6.45) is -3.04. The minimum absolute atomic E-state index is 0.260. The summed E-state index contributed by atoms with van der Waals surface area (Å²) in [7, 11) is 0. The Morgan fingerprint density at radius 2 is 1.82 bits per heavy atom. The number of thioether (sulfide) groups is 1. The quantitative estimate of drug-likeness (QED) is 0.646. The standard InChI is InChI=1S/C15H11F4NOS/c1-22-13-5-3-2-4-12(13)20-14(21)9-6-7-11(16)10(8-9)15(17,18)19/h2-8H,1H3,(H,20,21). The molecular formula is C15H11F4NOS. The van der Waals surface area contributed by atoms with E-state index in [0.717, 1.165) is 11.0 Å². The molecule has 22 heavy (non-hydrogen) atoms. The minimum atomic E-state index is -4.85. The van der Waals surface area contributed by atoms with Gasteiger partial charge in [-0.25, -0.2) is 4.39 Å². The first-order valence-corrected chi connectivity index (χ1v) is 7.36. The highest BCUT2D eigenvalue weighted by Crippen LogP contribution is 2.32. The molecule has 0 aliphatic heterocycles. The molecule has 2 aromatic rings. The molecule has 116 valence electrons. The van der Waals surface area contributed by atoms with Crippen LogP contribution in [0.3, 0.4) is 0 Å². The molecule has 0 fully saturated rings. The first-order valence-electron chi connectivity index (χ1n) is 6.14. The van der Waals surface area contributed by atoms with Crippen molar-refractivity contribution in [3.05, 3.63) is 59.4 Å². The molecule has 2 aromatic carbocycles. The molecule has 0 bridgehead atoms. The second-order valence-electron chi connectivity index (χ2n) is 4.35. The highest BCUT2D eigenvalue weighted by molar-refractivity contribution is 7.98. The van der Waals surface area contributed by atoms with Crippen LogP contribution in [-0.2, 0) is 6.18 Å². The SMILES string of the molecule is CSc1ccccc1NC(=O)c1ccc(F)c(C(F)(F)F)c1. The van der Waals surface area contributed by atoms with Gasteiger partial charge in [-0.15, -0.1) is 11.8 Å². The van der Waals surface area contributed by atoms with E-state index in [1.807, 2.05) is 6.26 Å². The summed E-state index contributed by atoms with van der Waals surface area (Å²) < 4.78 is 51.2. The molecular weight excluding hydrogens is 318 g/mol. The van der Waals surface area contributed by atoms with Gasteiger partial charge in [-0.05, 0) is 36.6 Å². The molecule has 1 amide bonds. The van der Waals surface area contributed by atoms with E-state index in [4.69, 9.17) is 0 Å². The van der Waals surface area contributed by atoms with Gasteiger partial charge < -0.3 is 5.32 Å². The van der Waals surface area contributed by atoms with E-state index in [1.54, 1.807) is 24.3 Å². The van der Waals surface area contributed by atoms with Crippen LogP contribution in [0, 0.1) is 5.82 Å². The van der Waals surface area contributed by atoms with Gasteiger partial charge in [0.25, 0.3) is 5.91 Å². The fourth-order valence-corrected chi connectivity index (χ4v) is 2.38. The number of nitrogens with one attached hydrogen (secondary N) is 1. The predicted octanol–water partition coefficient (Wildman–Crippen LogP) is 4.82. The van der Waals surface area contributed by atoms with E-state index in [9.17, 15) is 22.4 Å². The third-order valence-electron chi connectivity index (χ3n) is 2.89. The van der Waals surface area contributed by atoms with Crippen LogP contribution in [0.25, 0.3) is 0 Å². The lowest BCUT2D eigenvalue weighted by atomic mass is 10.1. The molecule has 0 unspecified atom stereocenters. The zero-order chi connectivity index (χ0) is 16.3. The van der Waals surface area contributed by atoms with Crippen LogP contribution >= 0.6 is 11.8 Å². The van der Waals surface area contributed by atoms with Crippen LogP contribution in [0.15, 0.2) is 47.4 Å². The summed E-state index contributed by atoms with van der Waals surface area (Å²) in [5.74, 6) is -2.14. The van der Waals surface area contributed by atoms with Crippen molar-refractivity contribution >= 4 is 23.4 Å². The van der Waals surface area contributed by atoms with E-state index < -0.39 is 23.5 Å². The number of rotatable bonds is 3. The molecule has 2 rings (SSSR count). The van der Waals surface area contributed by atoms with Gasteiger partial charge >= 0.3 is 6.18 Å². The van der Waals surface area contributed by atoms with Gasteiger partial charge in [0.15, 0.2) is 0 Å². The maximum atomic E-state index is 13.2. The summed E-state index contributed by atoms with van der Waals surface area (Å²) >= 11 is 1.39. The Bertz CT molecular complexity index is 700. The maximum Gasteiger partial charge on any atom is 0.419 e. The van der Waals surface area contributed by atoms with E-state index >= 15 is 0 Å². The highest BCUT2D eigenvalue weighted by Gasteiger charge is 2.34. The third kappa shape index (κ3) is 3.59. The molecule has 0 atom stereocenters. The highest BCUT2D eigenvalue weighted by atomic mass is 32.2. The summed E-state index contributed by atoms with van der Waals surface area (Å²) in [4.78, 5) is 12.8. The second kappa shape index (κ2) is 6.39. The van der Waals surface area contributed by atoms with Crippen molar-refractivity contribution in [3.63, 3.8) is 0 Å². The van der Waals surface area contributed by atoms with Gasteiger partial charge in [0, 0.05) is 10.5 Å². The number of benzene rings is 2. The average molecular weight is 329 g/mol. The number of carbonyl (C=O) groups excluding carboxylic acids is 1. The Hall–Kier alpha value is -2.02. The molecule has 7 heteroatoms. The number of hydrogen-bond acceptors (Lipinski definition) is 2.